The smallest absolute Gasteiger partial charge is 0.165 e. The van der Waals surface area contributed by atoms with E-state index in [1.807, 2.05) is 16.3 Å². The van der Waals surface area contributed by atoms with Crippen LogP contribution in [0.5, 0.6) is 0 Å². The fourth-order valence-corrected chi connectivity index (χ4v) is 2.48. The summed E-state index contributed by atoms with van der Waals surface area (Å²) in [4.78, 5) is 12.4. The molecule has 0 aliphatic rings. The molecule has 4 N–H and O–H groups in total. The Hall–Kier alpha value is -1.34. The minimum Gasteiger partial charge on any atom is -0.382 e. The van der Waals surface area contributed by atoms with Crippen LogP contribution in [0, 0.1) is 0 Å². The number of nitrogens with two attached hydrogens (primary N) is 2. The largest absolute Gasteiger partial charge is 0.382 e. The highest BCUT2D eigenvalue weighted by Crippen LogP contribution is 2.16. The Morgan fingerprint density at radius 2 is 2.22 bits per heavy atom. The molecule has 0 saturated carbocycles. The van der Waals surface area contributed by atoms with E-state index in [1.165, 1.54) is 6.33 Å². The van der Waals surface area contributed by atoms with E-state index >= 15 is 0 Å². The van der Waals surface area contributed by atoms with Crippen molar-refractivity contribution in [2.45, 2.75) is 25.1 Å². The van der Waals surface area contributed by atoms with Crippen molar-refractivity contribution in [3.63, 3.8) is 0 Å². The molecule has 98 valence electrons. The Kier molecular flexibility index (Phi) is 4.38. The second kappa shape index (κ2) is 6.01. The van der Waals surface area contributed by atoms with Gasteiger partial charge in [0.05, 0.1) is 6.33 Å². The minimum absolute atomic E-state index is 0.435. The number of hydrogen-bond acceptors (Lipinski definition) is 6. The molecule has 0 aromatic carbocycles. The molecule has 0 aliphatic heterocycles. The maximum atomic E-state index is 5.74. The van der Waals surface area contributed by atoms with Crippen molar-refractivity contribution in [2.75, 3.05) is 18.0 Å². The zero-order valence-corrected chi connectivity index (χ0v) is 11.2. The number of anilines is 1. The van der Waals surface area contributed by atoms with E-state index < -0.39 is 0 Å². The van der Waals surface area contributed by atoms with Gasteiger partial charge in [0.1, 0.15) is 11.8 Å². The monoisotopic (exact) mass is 266 g/mol. The molecule has 0 aliphatic carbocycles. The van der Waals surface area contributed by atoms with E-state index in [0.717, 1.165) is 30.9 Å². The van der Waals surface area contributed by atoms with Crippen molar-refractivity contribution < 1.29 is 0 Å². The molecule has 2 rings (SSSR count). The third-order valence-corrected chi connectivity index (χ3v) is 3.99. The standard InChI is InChI=1S/C11H18N6S/c1-8(5-12)18-4-2-3-17-7-16-9-10(13)14-6-15-11(9)17/h6-8H,2-5,12H2,1H3,(H2,13,14,15). The van der Waals surface area contributed by atoms with Gasteiger partial charge >= 0.3 is 0 Å². The lowest BCUT2D eigenvalue weighted by atomic mass is 10.4. The van der Waals surface area contributed by atoms with Gasteiger partial charge in [0.15, 0.2) is 11.5 Å². The molecule has 18 heavy (non-hydrogen) atoms. The average Bonchev–Trinajstić information content (AvgIpc) is 2.79. The predicted octanol–water partition coefficient (Wildman–Crippen LogP) is 0.879. The lowest BCUT2D eigenvalue weighted by Gasteiger charge is -2.08. The SMILES string of the molecule is CC(CN)SCCCn1cnc2c(N)ncnc21. The number of nitrogens with zero attached hydrogens (tertiary/aromatic N) is 4. The van der Waals surface area contributed by atoms with Crippen LogP contribution >= 0.6 is 11.8 Å². The fourth-order valence-electron chi connectivity index (χ4n) is 1.65. The molecule has 0 spiro atoms. The van der Waals surface area contributed by atoms with E-state index in [9.17, 15) is 0 Å². The number of hydrogen-bond donors (Lipinski definition) is 2. The second-order valence-electron chi connectivity index (χ2n) is 4.14. The van der Waals surface area contributed by atoms with Gasteiger partial charge in [-0.2, -0.15) is 11.8 Å². The Labute approximate surface area is 110 Å². The number of nitrogen functional groups attached to an aromatic ring is 1. The van der Waals surface area contributed by atoms with Crippen molar-refractivity contribution in [2.24, 2.45) is 5.73 Å². The zero-order valence-electron chi connectivity index (χ0n) is 10.4. The Morgan fingerprint density at radius 1 is 1.39 bits per heavy atom. The van der Waals surface area contributed by atoms with Crippen LogP contribution in [0.4, 0.5) is 5.82 Å². The van der Waals surface area contributed by atoms with Crippen LogP contribution in [0.15, 0.2) is 12.7 Å². The summed E-state index contributed by atoms with van der Waals surface area (Å²) >= 11 is 1.89. The molecule has 0 saturated heterocycles. The topological polar surface area (TPSA) is 95.6 Å². The Morgan fingerprint density at radius 3 is 3.00 bits per heavy atom. The fraction of sp³-hybridized carbons (Fsp3) is 0.545. The van der Waals surface area contributed by atoms with E-state index in [1.54, 1.807) is 6.33 Å². The molecule has 7 heteroatoms. The summed E-state index contributed by atoms with van der Waals surface area (Å²) < 4.78 is 2.01. The van der Waals surface area contributed by atoms with Crippen molar-refractivity contribution in [3.05, 3.63) is 12.7 Å². The highest BCUT2D eigenvalue weighted by atomic mass is 32.2. The summed E-state index contributed by atoms with van der Waals surface area (Å²) in [7, 11) is 0. The molecular formula is C11H18N6S. The first-order valence-corrected chi connectivity index (χ1v) is 7.00. The number of aryl methyl sites for hydroxylation is 1. The zero-order chi connectivity index (χ0) is 13.0. The number of thioether (sulfide) groups is 1. The molecule has 2 aromatic heterocycles. The van der Waals surface area contributed by atoms with Crippen LogP contribution in [-0.2, 0) is 6.54 Å². The number of rotatable bonds is 6. The number of imidazole rings is 1. The summed E-state index contributed by atoms with van der Waals surface area (Å²) in [6.07, 6.45) is 4.30. The van der Waals surface area contributed by atoms with Crippen LogP contribution in [0.25, 0.3) is 11.2 Å². The van der Waals surface area contributed by atoms with Crippen molar-refractivity contribution in [3.8, 4) is 0 Å². The van der Waals surface area contributed by atoms with Crippen molar-refractivity contribution in [1.29, 1.82) is 0 Å². The van der Waals surface area contributed by atoms with Crippen LogP contribution in [0.1, 0.15) is 13.3 Å². The Balaban J connectivity index is 1.94. The first-order valence-electron chi connectivity index (χ1n) is 5.95. The van der Waals surface area contributed by atoms with E-state index in [4.69, 9.17) is 11.5 Å². The minimum atomic E-state index is 0.435. The molecule has 0 radical (unpaired) electrons. The van der Waals surface area contributed by atoms with Gasteiger partial charge in [-0.15, -0.1) is 0 Å². The summed E-state index contributed by atoms with van der Waals surface area (Å²) in [6, 6.07) is 0. The van der Waals surface area contributed by atoms with Gasteiger partial charge in [-0.1, -0.05) is 6.92 Å². The first kappa shape index (κ1) is 13.1. The molecule has 1 atom stereocenters. The summed E-state index contributed by atoms with van der Waals surface area (Å²) in [5.41, 5.74) is 12.8. The molecule has 6 nitrogen and oxygen atoms in total. The molecule has 2 heterocycles. The van der Waals surface area contributed by atoms with E-state index in [-0.39, 0.29) is 0 Å². The summed E-state index contributed by atoms with van der Waals surface area (Å²) in [6.45, 7) is 3.75. The third kappa shape index (κ3) is 2.91. The average molecular weight is 266 g/mol. The van der Waals surface area contributed by atoms with Gasteiger partial charge in [0.25, 0.3) is 0 Å². The normalized spacial score (nSPS) is 13.0. The van der Waals surface area contributed by atoms with Gasteiger partial charge in [0.2, 0.25) is 0 Å². The van der Waals surface area contributed by atoms with Gasteiger partial charge in [-0.05, 0) is 12.2 Å². The first-order chi connectivity index (χ1) is 8.72. The molecular weight excluding hydrogens is 248 g/mol. The highest BCUT2D eigenvalue weighted by Gasteiger charge is 2.07. The van der Waals surface area contributed by atoms with Gasteiger partial charge in [-0.3, -0.25) is 0 Å². The van der Waals surface area contributed by atoms with E-state index in [2.05, 4.69) is 21.9 Å². The molecule has 2 aromatic rings. The molecule has 0 bridgehead atoms. The van der Waals surface area contributed by atoms with Crippen LogP contribution in [-0.4, -0.2) is 37.1 Å². The summed E-state index contributed by atoms with van der Waals surface area (Å²) in [5.74, 6) is 1.52. The molecule has 1 unspecified atom stereocenters. The van der Waals surface area contributed by atoms with Crippen LogP contribution in [0.2, 0.25) is 0 Å². The van der Waals surface area contributed by atoms with Gasteiger partial charge in [0, 0.05) is 18.3 Å². The van der Waals surface area contributed by atoms with Gasteiger partial charge < -0.3 is 16.0 Å². The third-order valence-electron chi connectivity index (χ3n) is 2.71. The maximum absolute atomic E-state index is 5.74. The lowest BCUT2D eigenvalue weighted by Crippen LogP contribution is -2.13. The maximum Gasteiger partial charge on any atom is 0.165 e. The quantitative estimate of drug-likeness (QED) is 0.753. The summed E-state index contributed by atoms with van der Waals surface area (Å²) in [5, 5.41) is 0.516. The predicted molar refractivity (Wildman–Crippen MR) is 75.3 cm³/mol. The molecule has 0 fully saturated rings. The number of aromatic nitrogens is 4. The lowest BCUT2D eigenvalue weighted by molar-refractivity contribution is 0.695. The van der Waals surface area contributed by atoms with Crippen molar-refractivity contribution in [1.82, 2.24) is 19.5 Å². The number of fused-ring (bicyclic) bond motifs is 1. The Bertz CT molecular complexity index is 511. The van der Waals surface area contributed by atoms with E-state index in [0.29, 0.717) is 16.6 Å². The highest BCUT2D eigenvalue weighted by molar-refractivity contribution is 7.99. The van der Waals surface area contributed by atoms with Crippen molar-refractivity contribution >= 4 is 28.7 Å². The molecule has 0 amide bonds. The second-order valence-corrected chi connectivity index (χ2v) is 5.69. The van der Waals surface area contributed by atoms with Gasteiger partial charge in [-0.25, -0.2) is 15.0 Å². The van der Waals surface area contributed by atoms with Crippen LogP contribution < -0.4 is 11.5 Å². The van der Waals surface area contributed by atoms with Crippen LogP contribution in [0.3, 0.4) is 0 Å².